The van der Waals surface area contributed by atoms with Crippen LogP contribution in [0.1, 0.15) is 34.8 Å². The van der Waals surface area contributed by atoms with Gasteiger partial charge in [-0.25, -0.2) is 9.37 Å². The molecule has 0 aliphatic rings. The lowest BCUT2D eigenvalue weighted by atomic mass is 10.1. The summed E-state index contributed by atoms with van der Waals surface area (Å²) in [6.07, 6.45) is -4.93. The number of halogens is 4. The predicted octanol–water partition coefficient (Wildman–Crippen LogP) is 2.61. The molecule has 1 atom stereocenters. The maximum Gasteiger partial charge on any atom is 0.573 e. The van der Waals surface area contributed by atoms with Gasteiger partial charge >= 0.3 is 6.36 Å². The van der Waals surface area contributed by atoms with Gasteiger partial charge in [0.05, 0.1) is 6.04 Å². The van der Waals surface area contributed by atoms with Crippen molar-refractivity contribution in [1.29, 1.82) is 0 Å². The number of aromatic amines is 1. The third-order valence-electron chi connectivity index (χ3n) is 3.11. The van der Waals surface area contributed by atoms with Crippen molar-refractivity contribution in [2.75, 3.05) is 0 Å². The first-order valence-electron chi connectivity index (χ1n) is 6.99. The van der Waals surface area contributed by atoms with Gasteiger partial charge in [0.2, 0.25) is 0 Å². The summed E-state index contributed by atoms with van der Waals surface area (Å²) >= 11 is 0. The molecule has 2 rings (SSSR count). The quantitative estimate of drug-likeness (QED) is 0.822. The van der Waals surface area contributed by atoms with Crippen LogP contribution in [0.5, 0.6) is 5.75 Å². The molecule has 0 bridgehead atoms. The Morgan fingerprint density at radius 2 is 2.00 bits per heavy atom. The van der Waals surface area contributed by atoms with Crippen LogP contribution in [-0.4, -0.2) is 22.2 Å². The number of H-pyrrole nitrogens is 1. The van der Waals surface area contributed by atoms with Gasteiger partial charge in [-0.05, 0) is 19.9 Å². The maximum atomic E-state index is 14.0. The first kappa shape index (κ1) is 18.4. The van der Waals surface area contributed by atoms with E-state index in [0.717, 1.165) is 18.2 Å². The summed E-state index contributed by atoms with van der Waals surface area (Å²) in [6, 6.07) is 2.67. The summed E-state index contributed by atoms with van der Waals surface area (Å²) in [5, 5.41) is 2.42. The standard InChI is InChI=1S/C15H13F4N3O3/c1-7(20-14(24)12-6-13(23)22-8(2)21-12)10-4-3-9(5-11(10)16)25-15(17,18)19/h3-7H,1-2H3,(H,20,24)(H,21,22,23)/t7-/m1/s1. The summed E-state index contributed by atoms with van der Waals surface area (Å²) in [6.45, 7) is 2.92. The van der Waals surface area contributed by atoms with Crippen LogP contribution in [0.25, 0.3) is 0 Å². The first-order valence-corrected chi connectivity index (χ1v) is 6.99. The highest BCUT2D eigenvalue weighted by atomic mass is 19.4. The Bertz CT molecular complexity index is 849. The summed E-state index contributed by atoms with van der Waals surface area (Å²) < 4.78 is 54.0. The molecule has 1 aromatic carbocycles. The van der Waals surface area contributed by atoms with Crippen molar-refractivity contribution in [3.63, 3.8) is 0 Å². The number of amides is 1. The number of carbonyl (C=O) groups excluding carboxylic acids is 1. The van der Waals surface area contributed by atoms with E-state index in [9.17, 15) is 27.2 Å². The fourth-order valence-corrected chi connectivity index (χ4v) is 2.10. The van der Waals surface area contributed by atoms with Crippen molar-refractivity contribution < 1.29 is 27.1 Å². The summed E-state index contributed by atoms with van der Waals surface area (Å²) in [5.41, 5.74) is -0.736. The van der Waals surface area contributed by atoms with Crippen molar-refractivity contribution in [3.05, 3.63) is 57.5 Å². The molecular formula is C15H13F4N3O3. The van der Waals surface area contributed by atoms with Crippen LogP contribution in [0.4, 0.5) is 17.6 Å². The average molecular weight is 359 g/mol. The number of aromatic nitrogens is 2. The molecule has 0 saturated heterocycles. The lowest BCUT2D eigenvalue weighted by Crippen LogP contribution is -2.29. The number of alkyl halides is 3. The molecule has 10 heteroatoms. The molecule has 0 spiro atoms. The summed E-state index contributed by atoms with van der Waals surface area (Å²) in [4.78, 5) is 29.6. The average Bonchev–Trinajstić information content (AvgIpc) is 2.44. The van der Waals surface area contributed by atoms with Gasteiger partial charge in [-0.2, -0.15) is 0 Å². The molecule has 2 aromatic rings. The number of ether oxygens (including phenoxy) is 1. The van der Waals surface area contributed by atoms with E-state index in [1.54, 1.807) is 0 Å². The fraction of sp³-hybridized carbons (Fsp3) is 0.267. The van der Waals surface area contributed by atoms with E-state index in [-0.39, 0.29) is 17.1 Å². The highest BCUT2D eigenvalue weighted by Crippen LogP contribution is 2.26. The largest absolute Gasteiger partial charge is 0.573 e. The number of nitrogens with one attached hydrogen (secondary N) is 2. The van der Waals surface area contributed by atoms with Crippen LogP contribution < -0.4 is 15.6 Å². The number of rotatable bonds is 4. The zero-order valence-electron chi connectivity index (χ0n) is 13.1. The van der Waals surface area contributed by atoms with Crippen LogP contribution in [-0.2, 0) is 0 Å². The van der Waals surface area contributed by atoms with Crippen molar-refractivity contribution >= 4 is 5.91 Å². The zero-order chi connectivity index (χ0) is 18.8. The SMILES string of the molecule is Cc1nc(C(=O)N[C@H](C)c2ccc(OC(F)(F)F)cc2F)cc(=O)[nH]1. The summed E-state index contributed by atoms with van der Waals surface area (Å²) in [7, 11) is 0. The van der Waals surface area contributed by atoms with E-state index in [0.29, 0.717) is 6.07 Å². The van der Waals surface area contributed by atoms with E-state index < -0.39 is 35.4 Å². The van der Waals surface area contributed by atoms with E-state index in [1.807, 2.05) is 0 Å². The van der Waals surface area contributed by atoms with Gasteiger partial charge in [-0.15, -0.1) is 13.2 Å². The second-order valence-corrected chi connectivity index (χ2v) is 5.14. The second kappa shape index (κ2) is 6.91. The third-order valence-corrected chi connectivity index (χ3v) is 3.11. The van der Waals surface area contributed by atoms with Gasteiger partial charge in [0.1, 0.15) is 23.1 Å². The zero-order valence-corrected chi connectivity index (χ0v) is 13.1. The number of hydrogen-bond donors (Lipinski definition) is 2. The Kier molecular flexibility index (Phi) is 5.10. The number of benzene rings is 1. The summed E-state index contributed by atoms with van der Waals surface area (Å²) in [5.74, 6) is -2.19. The predicted molar refractivity (Wildman–Crippen MR) is 78.6 cm³/mol. The van der Waals surface area contributed by atoms with Crippen LogP contribution in [0, 0.1) is 12.7 Å². The van der Waals surface area contributed by atoms with Gasteiger partial charge < -0.3 is 15.0 Å². The van der Waals surface area contributed by atoms with E-state index in [2.05, 4.69) is 20.0 Å². The lowest BCUT2D eigenvalue weighted by Gasteiger charge is -2.16. The highest BCUT2D eigenvalue weighted by Gasteiger charge is 2.31. The third kappa shape index (κ3) is 5.03. The van der Waals surface area contributed by atoms with Gasteiger partial charge in [-0.1, -0.05) is 6.07 Å². The molecule has 0 fully saturated rings. The highest BCUT2D eigenvalue weighted by molar-refractivity contribution is 5.92. The Morgan fingerprint density at radius 1 is 1.32 bits per heavy atom. The Morgan fingerprint density at radius 3 is 2.56 bits per heavy atom. The molecule has 6 nitrogen and oxygen atoms in total. The van der Waals surface area contributed by atoms with Crippen LogP contribution >= 0.6 is 0 Å². The first-order chi connectivity index (χ1) is 11.5. The Balaban J connectivity index is 2.16. The number of hydrogen-bond acceptors (Lipinski definition) is 4. The van der Waals surface area contributed by atoms with E-state index in [1.165, 1.54) is 13.8 Å². The number of aryl methyl sites for hydroxylation is 1. The fourth-order valence-electron chi connectivity index (χ4n) is 2.10. The molecule has 0 aliphatic carbocycles. The molecule has 1 heterocycles. The molecule has 1 aromatic heterocycles. The van der Waals surface area contributed by atoms with Crippen LogP contribution in [0.2, 0.25) is 0 Å². The molecule has 0 unspecified atom stereocenters. The lowest BCUT2D eigenvalue weighted by molar-refractivity contribution is -0.274. The molecule has 0 saturated carbocycles. The molecule has 134 valence electrons. The Labute approximate surface area is 138 Å². The maximum absolute atomic E-state index is 14.0. The smallest absolute Gasteiger partial charge is 0.406 e. The molecule has 1 amide bonds. The number of carbonyl (C=O) groups is 1. The Hall–Kier alpha value is -2.91. The van der Waals surface area contributed by atoms with Gasteiger partial charge in [0, 0.05) is 17.7 Å². The normalized spacial score (nSPS) is 12.6. The minimum Gasteiger partial charge on any atom is -0.406 e. The minimum atomic E-state index is -4.93. The second-order valence-electron chi connectivity index (χ2n) is 5.14. The monoisotopic (exact) mass is 359 g/mol. The number of nitrogens with zero attached hydrogens (tertiary/aromatic N) is 1. The van der Waals surface area contributed by atoms with Gasteiger partial charge in [0.15, 0.2) is 0 Å². The van der Waals surface area contributed by atoms with Crippen molar-refractivity contribution in [2.45, 2.75) is 26.3 Å². The van der Waals surface area contributed by atoms with Crippen molar-refractivity contribution in [1.82, 2.24) is 15.3 Å². The molecular weight excluding hydrogens is 346 g/mol. The minimum absolute atomic E-state index is 0.0514. The van der Waals surface area contributed by atoms with Crippen LogP contribution in [0.3, 0.4) is 0 Å². The molecule has 2 N–H and O–H groups in total. The van der Waals surface area contributed by atoms with Gasteiger partial charge in [0.25, 0.3) is 11.5 Å². The molecule has 0 radical (unpaired) electrons. The van der Waals surface area contributed by atoms with E-state index in [4.69, 9.17) is 0 Å². The van der Waals surface area contributed by atoms with Crippen molar-refractivity contribution in [2.24, 2.45) is 0 Å². The van der Waals surface area contributed by atoms with Crippen molar-refractivity contribution in [3.8, 4) is 5.75 Å². The van der Waals surface area contributed by atoms with Gasteiger partial charge in [-0.3, -0.25) is 9.59 Å². The van der Waals surface area contributed by atoms with Crippen LogP contribution in [0.15, 0.2) is 29.1 Å². The molecule has 25 heavy (non-hydrogen) atoms. The van der Waals surface area contributed by atoms with E-state index >= 15 is 0 Å². The topological polar surface area (TPSA) is 84.1 Å². The molecule has 0 aliphatic heterocycles.